The summed E-state index contributed by atoms with van der Waals surface area (Å²) < 4.78 is 0. The van der Waals surface area contributed by atoms with E-state index in [-0.39, 0.29) is 0 Å². The van der Waals surface area contributed by atoms with Gasteiger partial charge in [-0.05, 0) is 58.7 Å². The third-order valence-electron chi connectivity index (χ3n) is 4.20. The largest absolute Gasteiger partial charge is 0.336 e. The summed E-state index contributed by atoms with van der Waals surface area (Å²) >= 11 is 0. The lowest BCUT2D eigenvalue weighted by Gasteiger charge is -2.37. The summed E-state index contributed by atoms with van der Waals surface area (Å²) in [5, 5.41) is 0. The van der Waals surface area contributed by atoms with Gasteiger partial charge in [0, 0.05) is 18.0 Å². The fraction of sp³-hybridized carbons (Fsp3) is 0.923. The van der Waals surface area contributed by atoms with Gasteiger partial charge in [-0.3, -0.25) is 4.79 Å². The van der Waals surface area contributed by atoms with Gasteiger partial charge in [0.2, 0.25) is 5.91 Å². The Kier molecular flexibility index (Phi) is 2.66. The van der Waals surface area contributed by atoms with Crippen molar-refractivity contribution in [1.29, 1.82) is 0 Å². The predicted octanol–water partition coefficient (Wildman–Crippen LogP) is 1.48. The highest BCUT2D eigenvalue weighted by Gasteiger charge is 2.43. The highest BCUT2D eigenvalue weighted by Crippen LogP contribution is 2.38. The zero-order chi connectivity index (χ0) is 11.1. The van der Waals surface area contributed by atoms with Crippen molar-refractivity contribution in [3.05, 3.63) is 0 Å². The van der Waals surface area contributed by atoms with Crippen molar-refractivity contribution in [3.8, 4) is 0 Å². The first-order valence-electron chi connectivity index (χ1n) is 6.76. The molecule has 16 heavy (non-hydrogen) atoms. The van der Waals surface area contributed by atoms with E-state index in [0.717, 1.165) is 25.9 Å². The first kappa shape index (κ1) is 10.6. The zero-order valence-corrected chi connectivity index (χ0v) is 10.2. The lowest BCUT2D eigenvalue weighted by atomic mass is 10.0. The fourth-order valence-electron chi connectivity index (χ4n) is 2.82. The van der Waals surface area contributed by atoms with Crippen LogP contribution in [0.4, 0.5) is 0 Å². The molecule has 0 radical (unpaired) electrons. The van der Waals surface area contributed by atoms with Crippen molar-refractivity contribution in [3.63, 3.8) is 0 Å². The highest BCUT2D eigenvalue weighted by atomic mass is 16.2. The maximum Gasteiger partial charge on any atom is 0.226 e. The number of likely N-dealkylation sites (tertiary alicyclic amines) is 1. The summed E-state index contributed by atoms with van der Waals surface area (Å²) in [7, 11) is 2.18. The van der Waals surface area contributed by atoms with Gasteiger partial charge < -0.3 is 9.80 Å². The van der Waals surface area contributed by atoms with Gasteiger partial charge in [0.25, 0.3) is 0 Å². The van der Waals surface area contributed by atoms with Crippen LogP contribution in [0, 0.1) is 5.92 Å². The summed E-state index contributed by atoms with van der Waals surface area (Å²) in [6.45, 7) is 2.32. The molecular formula is C13H22N2O. The Morgan fingerprint density at radius 1 is 1.00 bits per heavy atom. The average Bonchev–Trinajstić information content (AvgIpc) is 3.15. The van der Waals surface area contributed by atoms with Gasteiger partial charge in [0.15, 0.2) is 0 Å². The van der Waals surface area contributed by atoms with Crippen LogP contribution in [-0.2, 0) is 4.79 Å². The molecule has 90 valence electrons. The van der Waals surface area contributed by atoms with Gasteiger partial charge in [0.05, 0.1) is 0 Å². The van der Waals surface area contributed by atoms with Gasteiger partial charge in [-0.2, -0.15) is 0 Å². The molecule has 3 nitrogen and oxygen atoms in total. The van der Waals surface area contributed by atoms with Crippen LogP contribution >= 0.6 is 0 Å². The molecule has 0 aromatic heterocycles. The molecule has 0 aromatic carbocycles. The third-order valence-corrected chi connectivity index (χ3v) is 4.20. The quantitative estimate of drug-likeness (QED) is 0.722. The predicted molar refractivity (Wildman–Crippen MR) is 63.1 cm³/mol. The minimum Gasteiger partial charge on any atom is -0.336 e. The molecule has 2 saturated carbocycles. The van der Waals surface area contributed by atoms with Gasteiger partial charge in [-0.25, -0.2) is 0 Å². The van der Waals surface area contributed by atoms with E-state index in [2.05, 4.69) is 16.8 Å². The summed E-state index contributed by atoms with van der Waals surface area (Å²) in [6, 6.07) is 1.17. The molecule has 3 aliphatic rings. The van der Waals surface area contributed by atoms with E-state index < -0.39 is 0 Å². The molecule has 0 unspecified atom stereocenters. The number of hydrogen-bond acceptors (Lipinski definition) is 2. The summed E-state index contributed by atoms with van der Waals surface area (Å²) in [5.74, 6) is 0.886. The van der Waals surface area contributed by atoms with E-state index in [9.17, 15) is 4.79 Å². The summed E-state index contributed by atoms with van der Waals surface area (Å²) in [6.07, 6.45) is 7.18. The van der Waals surface area contributed by atoms with Crippen molar-refractivity contribution in [1.82, 2.24) is 9.80 Å². The molecule has 0 aromatic rings. The van der Waals surface area contributed by atoms with Gasteiger partial charge >= 0.3 is 0 Å². The van der Waals surface area contributed by atoms with Crippen LogP contribution in [0.1, 0.15) is 38.5 Å². The molecule has 3 fully saturated rings. The van der Waals surface area contributed by atoms with E-state index in [1.807, 2.05) is 0 Å². The smallest absolute Gasteiger partial charge is 0.226 e. The molecule has 0 bridgehead atoms. The molecular weight excluding hydrogens is 200 g/mol. The third kappa shape index (κ3) is 2.10. The number of carbonyl (C=O) groups excluding carboxylic acids is 1. The topological polar surface area (TPSA) is 23.6 Å². The average molecular weight is 222 g/mol. The number of piperidine rings is 1. The molecule has 0 atom stereocenters. The Hall–Kier alpha value is -0.570. The minimum atomic E-state index is 0.403. The highest BCUT2D eigenvalue weighted by molar-refractivity contribution is 5.82. The maximum atomic E-state index is 12.3. The molecule has 1 saturated heterocycles. The van der Waals surface area contributed by atoms with Gasteiger partial charge in [-0.1, -0.05) is 0 Å². The number of nitrogens with zero attached hydrogens (tertiary/aromatic N) is 2. The number of amides is 1. The lowest BCUT2D eigenvalue weighted by Crippen LogP contribution is -2.48. The molecule has 3 heteroatoms. The molecule has 3 rings (SSSR count). The van der Waals surface area contributed by atoms with Crippen molar-refractivity contribution >= 4 is 5.91 Å². The molecule has 0 N–H and O–H groups in total. The zero-order valence-electron chi connectivity index (χ0n) is 10.2. The van der Waals surface area contributed by atoms with Crippen LogP contribution in [0.3, 0.4) is 0 Å². The van der Waals surface area contributed by atoms with E-state index in [0.29, 0.717) is 23.9 Å². The second-order valence-electron chi connectivity index (χ2n) is 5.79. The van der Waals surface area contributed by atoms with E-state index in [4.69, 9.17) is 0 Å². The Morgan fingerprint density at radius 2 is 1.56 bits per heavy atom. The van der Waals surface area contributed by atoms with Crippen LogP contribution in [0.15, 0.2) is 0 Å². The number of carbonyl (C=O) groups is 1. The fourth-order valence-corrected chi connectivity index (χ4v) is 2.82. The number of hydrogen-bond donors (Lipinski definition) is 0. The maximum absolute atomic E-state index is 12.3. The second kappa shape index (κ2) is 4.02. The Labute approximate surface area is 97.8 Å². The van der Waals surface area contributed by atoms with Crippen molar-refractivity contribution in [2.45, 2.75) is 50.6 Å². The molecule has 0 spiro atoms. The summed E-state index contributed by atoms with van der Waals surface area (Å²) in [4.78, 5) is 16.9. The molecule has 1 heterocycles. The van der Waals surface area contributed by atoms with Crippen molar-refractivity contribution < 1.29 is 4.79 Å². The Bertz CT molecular complexity index is 276. The molecule has 1 amide bonds. The monoisotopic (exact) mass is 222 g/mol. The van der Waals surface area contributed by atoms with Crippen molar-refractivity contribution in [2.75, 3.05) is 20.1 Å². The van der Waals surface area contributed by atoms with Gasteiger partial charge in [0.1, 0.15) is 0 Å². The van der Waals surface area contributed by atoms with E-state index in [1.54, 1.807) is 0 Å². The summed E-state index contributed by atoms with van der Waals surface area (Å²) in [5.41, 5.74) is 0. The first-order chi connectivity index (χ1) is 7.75. The van der Waals surface area contributed by atoms with Crippen LogP contribution in [0.2, 0.25) is 0 Å². The van der Waals surface area contributed by atoms with Gasteiger partial charge in [-0.15, -0.1) is 0 Å². The number of rotatable bonds is 3. The molecule has 2 aliphatic carbocycles. The Balaban J connectivity index is 1.65. The van der Waals surface area contributed by atoms with Crippen LogP contribution in [-0.4, -0.2) is 47.9 Å². The first-order valence-corrected chi connectivity index (χ1v) is 6.76. The van der Waals surface area contributed by atoms with E-state index in [1.165, 1.54) is 25.7 Å². The normalized spacial score (nSPS) is 28.1. The van der Waals surface area contributed by atoms with E-state index >= 15 is 0 Å². The van der Waals surface area contributed by atoms with Crippen LogP contribution in [0.5, 0.6) is 0 Å². The molecule has 1 aliphatic heterocycles. The SMILES string of the molecule is CN1CCC(N(C(=O)C2CC2)C2CC2)CC1. The second-order valence-corrected chi connectivity index (χ2v) is 5.79. The standard InChI is InChI=1S/C13H22N2O/c1-14-8-6-12(7-9-14)15(11-4-5-11)13(16)10-2-3-10/h10-12H,2-9H2,1H3. The van der Waals surface area contributed by atoms with Crippen LogP contribution < -0.4 is 0 Å². The van der Waals surface area contributed by atoms with Crippen molar-refractivity contribution in [2.24, 2.45) is 5.92 Å². The minimum absolute atomic E-state index is 0.403. The Morgan fingerprint density at radius 3 is 2.06 bits per heavy atom. The lowest BCUT2D eigenvalue weighted by molar-refractivity contribution is -0.136. The van der Waals surface area contributed by atoms with Crippen LogP contribution in [0.25, 0.3) is 0 Å².